The number of phenols is 1. The number of phenolic OH excluding ortho intramolecular Hbond substituents is 1. The summed E-state index contributed by atoms with van der Waals surface area (Å²) in [6.07, 6.45) is 3.88. The number of alkyl carbamates (subject to hydrolysis) is 1. The second kappa shape index (κ2) is 12.4. The van der Waals surface area contributed by atoms with Crippen molar-refractivity contribution < 1.29 is 14.6 Å². The fraction of sp³-hybridized carbons (Fsp3) is 0.343. The Hall–Kier alpha value is -4.01. The van der Waals surface area contributed by atoms with Gasteiger partial charge in [-0.2, -0.15) is 0 Å². The number of fused-ring (bicyclic) bond motifs is 2. The summed E-state index contributed by atoms with van der Waals surface area (Å²) >= 11 is 12.5. The average molecular weight is 647 g/mol. The maximum atomic E-state index is 12.3. The predicted molar refractivity (Wildman–Crippen MR) is 182 cm³/mol. The number of para-hydroxylation sites is 1. The number of aromatic amines is 1. The number of aromatic nitrogens is 3. The van der Waals surface area contributed by atoms with Crippen LogP contribution in [0.4, 0.5) is 10.5 Å². The summed E-state index contributed by atoms with van der Waals surface area (Å²) in [6.45, 7) is 7.75. The molecule has 4 N–H and O–H groups in total. The first kappa shape index (κ1) is 31.0. The third-order valence-corrected chi connectivity index (χ3v) is 8.77. The number of carbonyl (C=O) groups excluding carboxylic acids is 1. The molecule has 5 aromatic rings. The number of nitrogens with one attached hydrogen (secondary N) is 3. The number of nitrogens with zero attached hydrogens (tertiary/aromatic N) is 2. The Morgan fingerprint density at radius 2 is 1.67 bits per heavy atom. The zero-order valence-corrected chi connectivity index (χ0v) is 27.3. The van der Waals surface area contributed by atoms with Crippen molar-refractivity contribution in [1.82, 2.24) is 20.3 Å². The van der Waals surface area contributed by atoms with Crippen LogP contribution in [-0.4, -0.2) is 43.8 Å². The normalized spacial score (nSPS) is 17.0. The van der Waals surface area contributed by atoms with Crippen molar-refractivity contribution in [2.75, 3.05) is 5.32 Å². The molecule has 2 aromatic carbocycles. The summed E-state index contributed by atoms with van der Waals surface area (Å²) in [5, 5.41) is 18.4. The topological polar surface area (TPSA) is 112 Å². The van der Waals surface area contributed by atoms with Crippen molar-refractivity contribution in [3.05, 3.63) is 70.2 Å². The number of pyridine rings is 2. The number of hydrogen-bond acceptors (Lipinski definition) is 6. The van der Waals surface area contributed by atoms with Gasteiger partial charge in [0.25, 0.3) is 0 Å². The van der Waals surface area contributed by atoms with Crippen molar-refractivity contribution in [2.24, 2.45) is 0 Å². The van der Waals surface area contributed by atoms with Gasteiger partial charge in [-0.05, 0) is 94.8 Å². The molecule has 0 bridgehead atoms. The number of halogens is 2. The number of aromatic hydroxyl groups is 1. The molecule has 6 rings (SSSR count). The molecule has 1 aliphatic carbocycles. The molecule has 234 valence electrons. The fourth-order valence-electron chi connectivity index (χ4n) is 6.08. The highest BCUT2D eigenvalue weighted by Gasteiger charge is 2.26. The minimum Gasteiger partial charge on any atom is -0.505 e. The zero-order chi connectivity index (χ0) is 31.9. The number of amides is 1. The standard InChI is InChI=1S/C35H37Cl2N5O3/c1-5-22-23-8-6-7-9-27(23)42-31(22)29-18-30(38-20-10-12-21(13-11-20)39-34(44)45-35(2,3)4)32-28(40-29)15-14-26(41-32)19-16-24(36)33(43)25(37)17-19/h6-9,14-18,20-21,42-43H,5,10-13H2,1-4H3,(H,38,40)(H,39,44). The molecule has 0 radical (unpaired) electrons. The molecule has 1 amide bonds. The molecule has 10 heteroatoms. The molecule has 0 saturated heterocycles. The predicted octanol–water partition coefficient (Wildman–Crippen LogP) is 9.27. The molecular weight excluding hydrogens is 609 g/mol. The van der Waals surface area contributed by atoms with Gasteiger partial charge in [-0.3, -0.25) is 0 Å². The first-order valence-electron chi connectivity index (χ1n) is 15.3. The van der Waals surface area contributed by atoms with E-state index in [0.717, 1.165) is 65.7 Å². The van der Waals surface area contributed by atoms with Gasteiger partial charge in [0.05, 0.1) is 38.3 Å². The van der Waals surface area contributed by atoms with Crippen molar-refractivity contribution in [1.29, 1.82) is 0 Å². The van der Waals surface area contributed by atoms with Gasteiger partial charge in [0, 0.05) is 28.6 Å². The van der Waals surface area contributed by atoms with Crippen LogP contribution in [0.3, 0.4) is 0 Å². The third-order valence-electron chi connectivity index (χ3n) is 8.19. The lowest BCUT2D eigenvalue weighted by Crippen LogP contribution is -2.42. The number of carbonyl (C=O) groups is 1. The second-order valence-electron chi connectivity index (χ2n) is 12.6. The number of anilines is 1. The summed E-state index contributed by atoms with van der Waals surface area (Å²) < 4.78 is 5.46. The fourth-order valence-corrected chi connectivity index (χ4v) is 6.57. The van der Waals surface area contributed by atoms with Gasteiger partial charge in [0.15, 0.2) is 5.75 Å². The van der Waals surface area contributed by atoms with Crippen LogP contribution in [0.2, 0.25) is 10.0 Å². The van der Waals surface area contributed by atoms with E-state index >= 15 is 0 Å². The highest BCUT2D eigenvalue weighted by Crippen LogP contribution is 2.38. The average Bonchev–Trinajstić information content (AvgIpc) is 3.38. The van der Waals surface area contributed by atoms with Crippen molar-refractivity contribution in [3.63, 3.8) is 0 Å². The summed E-state index contributed by atoms with van der Waals surface area (Å²) in [6, 6.07) is 17.8. The van der Waals surface area contributed by atoms with Gasteiger partial charge in [-0.1, -0.05) is 48.3 Å². The quantitative estimate of drug-likeness (QED) is 0.146. The van der Waals surface area contributed by atoms with Crippen LogP contribution in [0, 0.1) is 0 Å². The van der Waals surface area contributed by atoms with Crippen LogP contribution in [0.15, 0.2) is 54.6 Å². The molecule has 3 heterocycles. The van der Waals surface area contributed by atoms with E-state index < -0.39 is 5.60 Å². The van der Waals surface area contributed by atoms with Gasteiger partial charge in [0.1, 0.15) is 11.1 Å². The minimum absolute atomic E-state index is 0.0647. The van der Waals surface area contributed by atoms with Gasteiger partial charge in [0.2, 0.25) is 0 Å². The summed E-state index contributed by atoms with van der Waals surface area (Å²) in [7, 11) is 0. The Bertz CT molecular complexity index is 1870. The van der Waals surface area contributed by atoms with Gasteiger partial charge in [-0.25, -0.2) is 14.8 Å². The van der Waals surface area contributed by atoms with Crippen LogP contribution in [0.25, 0.3) is 44.6 Å². The molecule has 1 saturated carbocycles. The molecule has 0 aliphatic heterocycles. The second-order valence-corrected chi connectivity index (χ2v) is 13.4. The molecule has 0 atom stereocenters. The highest BCUT2D eigenvalue weighted by molar-refractivity contribution is 6.37. The zero-order valence-electron chi connectivity index (χ0n) is 25.8. The summed E-state index contributed by atoms with van der Waals surface area (Å²) in [5.41, 5.74) is 7.28. The molecule has 1 aliphatic rings. The largest absolute Gasteiger partial charge is 0.505 e. The van der Waals surface area contributed by atoms with Gasteiger partial charge in [-0.15, -0.1) is 0 Å². The summed E-state index contributed by atoms with van der Waals surface area (Å²) in [4.78, 5) is 26.1. The Balaban J connectivity index is 1.36. The van der Waals surface area contributed by atoms with Gasteiger partial charge < -0.3 is 25.5 Å². The van der Waals surface area contributed by atoms with E-state index in [-0.39, 0.29) is 34.0 Å². The van der Waals surface area contributed by atoms with E-state index in [1.165, 1.54) is 10.9 Å². The smallest absolute Gasteiger partial charge is 0.407 e. The van der Waals surface area contributed by atoms with Gasteiger partial charge >= 0.3 is 6.09 Å². The number of hydrogen-bond donors (Lipinski definition) is 4. The van der Waals surface area contributed by atoms with Crippen LogP contribution in [0.5, 0.6) is 5.75 Å². The lowest BCUT2D eigenvalue weighted by atomic mass is 9.91. The van der Waals surface area contributed by atoms with E-state index in [4.69, 9.17) is 37.9 Å². The number of aryl methyl sites for hydroxylation is 1. The molecule has 1 fully saturated rings. The Kier molecular flexibility index (Phi) is 8.55. The monoisotopic (exact) mass is 645 g/mol. The Labute approximate surface area is 272 Å². The number of rotatable bonds is 6. The van der Waals surface area contributed by atoms with E-state index in [0.29, 0.717) is 11.3 Å². The SMILES string of the molecule is CCc1c(-c2cc(NC3CCC(NC(=O)OC(C)(C)C)CC3)c3nc(-c4cc(Cl)c(O)c(Cl)c4)ccc3n2)[nH]c2ccccc12. The number of ether oxygens (including phenoxy) is 1. The van der Waals surface area contributed by atoms with Crippen molar-refractivity contribution >= 4 is 56.9 Å². The van der Waals surface area contributed by atoms with Crippen LogP contribution in [-0.2, 0) is 11.2 Å². The summed E-state index contributed by atoms with van der Waals surface area (Å²) in [5.74, 6) is -0.154. The minimum atomic E-state index is -0.534. The molecule has 8 nitrogen and oxygen atoms in total. The maximum absolute atomic E-state index is 12.3. The van der Waals surface area contributed by atoms with Crippen LogP contribution in [0.1, 0.15) is 58.9 Å². The highest BCUT2D eigenvalue weighted by atomic mass is 35.5. The van der Waals surface area contributed by atoms with Crippen LogP contribution < -0.4 is 10.6 Å². The lowest BCUT2D eigenvalue weighted by molar-refractivity contribution is 0.0492. The molecular formula is C35H37Cl2N5O3. The first-order valence-corrected chi connectivity index (χ1v) is 16.1. The molecule has 45 heavy (non-hydrogen) atoms. The van der Waals surface area contributed by atoms with Crippen LogP contribution >= 0.6 is 23.2 Å². The van der Waals surface area contributed by atoms with E-state index in [1.807, 2.05) is 39.0 Å². The van der Waals surface area contributed by atoms with E-state index in [9.17, 15) is 9.90 Å². The van der Waals surface area contributed by atoms with Crippen molar-refractivity contribution in [2.45, 2.75) is 77.5 Å². The number of benzene rings is 2. The number of H-pyrrole nitrogens is 1. The lowest BCUT2D eigenvalue weighted by Gasteiger charge is -2.31. The van der Waals surface area contributed by atoms with E-state index in [1.54, 1.807) is 12.1 Å². The maximum Gasteiger partial charge on any atom is 0.407 e. The van der Waals surface area contributed by atoms with E-state index in [2.05, 4.69) is 46.8 Å². The first-order chi connectivity index (χ1) is 21.5. The third kappa shape index (κ3) is 6.67. The molecule has 0 unspecified atom stereocenters. The Morgan fingerprint density at radius 1 is 0.978 bits per heavy atom. The van der Waals surface area contributed by atoms with Crippen molar-refractivity contribution in [3.8, 4) is 28.4 Å². The molecule has 3 aromatic heterocycles. The molecule has 0 spiro atoms. The Morgan fingerprint density at radius 3 is 2.36 bits per heavy atom.